The number of hydroxylamine groups is 4. The van der Waals surface area contributed by atoms with E-state index in [0.717, 1.165) is 19.3 Å². The summed E-state index contributed by atoms with van der Waals surface area (Å²) in [6.45, 7) is 2.01. The summed E-state index contributed by atoms with van der Waals surface area (Å²) >= 11 is -3.66. The molecular weight excluding hydrogens is 716 g/mol. The Kier molecular flexibility index (Phi) is 16.9. The smallest absolute Gasteiger partial charge is 0.337 e. The Morgan fingerprint density at radius 3 is 1.71 bits per heavy atom. The molecule has 284 valence electrons. The van der Waals surface area contributed by atoms with E-state index in [4.69, 9.17) is 9.68 Å². The van der Waals surface area contributed by atoms with Crippen molar-refractivity contribution >= 4 is 75.8 Å². The topological polar surface area (TPSA) is 273 Å². The summed E-state index contributed by atoms with van der Waals surface area (Å²) in [4.78, 5) is 117. The van der Waals surface area contributed by atoms with Gasteiger partial charge in [0.15, 0.2) is 0 Å². The zero-order valence-electron chi connectivity index (χ0n) is 28.3. The largest absolute Gasteiger partial charge is 0.616 e. The molecule has 3 aliphatic rings. The van der Waals surface area contributed by atoms with Gasteiger partial charge >= 0.3 is 18.0 Å². The van der Waals surface area contributed by atoms with E-state index in [9.17, 15) is 52.3 Å². The molecule has 0 spiro atoms. The van der Waals surface area contributed by atoms with Gasteiger partial charge in [-0.05, 0) is 19.8 Å². The molecule has 51 heavy (non-hydrogen) atoms. The summed E-state index contributed by atoms with van der Waals surface area (Å²) in [5, 5.41) is 11.7. The van der Waals surface area contributed by atoms with E-state index in [1.807, 2.05) is 6.92 Å². The fraction of sp³-hybridized carbons (Fsp3) is 0.700. The third-order valence-electron chi connectivity index (χ3n) is 8.05. The number of nitrogens with zero attached hydrogens (tertiary/aromatic N) is 2. The molecule has 8 amide bonds. The molecule has 3 aliphatic heterocycles. The molecule has 0 aromatic heterocycles. The van der Waals surface area contributed by atoms with Gasteiger partial charge in [0, 0.05) is 51.2 Å². The summed E-state index contributed by atoms with van der Waals surface area (Å²) in [7, 11) is 0. The molecule has 4 N–H and O–H groups in total. The summed E-state index contributed by atoms with van der Waals surface area (Å²) in [6, 6.07) is -0.0844. The Morgan fingerprint density at radius 1 is 0.745 bits per heavy atom. The molecule has 0 aliphatic carbocycles. The average Bonchev–Trinajstić information content (AvgIpc) is 3.70. The standard InChI is InChI=1S/C30H44N6O13S2/c1-19-21(34-30(45)33-19)5-3-2-4-6-22(37)31-13-14-32-29(44)20(17-50(46)15-11-27(42)48-35-23(38)7-8-24(35)39)18-51(47)16-12-28(43)49-36-25(40)9-10-26(36)41/h19-21H,2-18H2,1H3,(H,31,37)(H,32,44)(H2,33,34,45). The number of hydrogen-bond acceptors (Lipinski definition) is 13. The maximum Gasteiger partial charge on any atom is 0.337 e. The van der Waals surface area contributed by atoms with Crippen molar-refractivity contribution < 1.29 is 61.9 Å². The summed E-state index contributed by atoms with van der Waals surface area (Å²) < 4.78 is 25.7. The van der Waals surface area contributed by atoms with E-state index in [0.29, 0.717) is 16.5 Å². The number of hydrogen-bond donors (Lipinski definition) is 4. The first kappa shape index (κ1) is 41.5. The van der Waals surface area contributed by atoms with Crippen LogP contribution in [0.4, 0.5) is 4.79 Å². The van der Waals surface area contributed by atoms with Crippen LogP contribution in [0.15, 0.2) is 0 Å². The predicted molar refractivity (Wildman–Crippen MR) is 177 cm³/mol. The molecule has 3 heterocycles. The number of unbranched alkanes of at least 4 members (excludes halogenated alkanes) is 2. The van der Waals surface area contributed by atoms with Crippen molar-refractivity contribution in [1.82, 2.24) is 31.4 Å². The number of carbonyl (C=O) groups excluding carboxylic acids is 9. The average molecular weight is 761 g/mol. The molecule has 3 fully saturated rings. The Labute approximate surface area is 300 Å². The molecule has 0 aromatic rings. The van der Waals surface area contributed by atoms with Crippen molar-refractivity contribution in [3.63, 3.8) is 0 Å². The van der Waals surface area contributed by atoms with Crippen molar-refractivity contribution in [2.45, 2.75) is 89.6 Å². The van der Waals surface area contributed by atoms with Gasteiger partial charge in [-0.3, -0.25) is 28.8 Å². The lowest BCUT2D eigenvalue weighted by Crippen LogP contribution is -2.42. The van der Waals surface area contributed by atoms with E-state index in [2.05, 4.69) is 21.3 Å². The first-order chi connectivity index (χ1) is 24.2. The third-order valence-corrected chi connectivity index (χ3v) is 10.9. The number of urea groups is 1. The van der Waals surface area contributed by atoms with Gasteiger partial charge in [-0.15, -0.1) is 10.1 Å². The van der Waals surface area contributed by atoms with Crippen molar-refractivity contribution in [2.24, 2.45) is 5.92 Å². The highest BCUT2D eigenvalue weighted by Gasteiger charge is 2.35. The number of nitrogens with one attached hydrogen (secondary N) is 4. The van der Waals surface area contributed by atoms with E-state index in [-0.39, 0.29) is 92.2 Å². The Bertz CT molecular complexity index is 1240. The Hall–Kier alpha value is -3.95. The van der Waals surface area contributed by atoms with E-state index in [1.165, 1.54) is 0 Å². The Morgan fingerprint density at radius 2 is 1.24 bits per heavy atom. The molecule has 4 unspecified atom stereocenters. The normalized spacial score (nSPS) is 20.5. The van der Waals surface area contributed by atoms with Crippen LogP contribution in [0.2, 0.25) is 0 Å². The maximum atomic E-state index is 13.1. The molecule has 3 rings (SSSR count). The molecule has 3 saturated heterocycles. The zero-order chi connectivity index (χ0) is 37.5. The summed E-state index contributed by atoms with van der Waals surface area (Å²) in [5.74, 6) is -7.88. The SMILES string of the molecule is CC1NC(=O)NC1CCCCCC(=O)NCCNC(=O)C(C[S+]([O-])CCC(=O)ON1C(=O)CCC1=O)C[S+]([O-])CCC(=O)ON1C(=O)CCC1=O. The van der Waals surface area contributed by atoms with Crippen LogP contribution in [-0.2, 0) is 70.4 Å². The molecule has 0 saturated carbocycles. The van der Waals surface area contributed by atoms with Gasteiger partial charge in [-0.2, -0.15) is 0 Å². The van der Waals surface area contributed by atoms with E-state index in [1.54, 1.807) is 0 Å². The van der Waals surface area contributed by atoms with Crippen LogP contribution in [0.3, 0.4) is 0 Å². The van der Waals surface area contributed by atoms with Crippen LogP contribution in [0, 0.1) is 5.92 Å². The van der Waals surface area contributed by atoms with Crippen molar-refractivity contribution in [3.05, 3.63) is 0 Å². The second-order valence-corrected chi connectivity index (χ2v) is 15.4. The lowest BCUT2D eigenvalue weighted by molar-refractivity contribution is -0.197. The van der Waals surface area contributed by atoms with Crippen molar-refractivity contribution in [1.29, 1.82) is 0 Å². The zero-order valence-corrected chi connectivity index (χ0v) is 29.9. The molecule has 0 bridgehead atoms. The lowest BCUT2D eigenvalue weighted by atomic mass is 10.0. The fourth-order valence-electron chi connectivity index (χ4n) is 5.23. The van der Waals surface area contributed by atoms with Crippen LogP contribution < -0.4 is 21.3 Å². The summed E-state index contributed by atoms with van der Waals surface area (Å²) in [6.07, 6.45) is 2.05. The second kappa shape index (κ2) is 20.8. The van der Waals surface area contributed by atoms with Gasteiger partial charge in [0.2, 0.25) is 11.8 Å². The van der Waals surface area contributed by atoms with Gasteiger partial charge in [0.1, 0.15) is 28.9 Å². The minimum atomic E-state index is -1.83. The Balaban J connectivity index is 1.41. The monoisotopic (exact) mass is 760 g/mol. The number of rotatable bonds is 22. The highest BCUT2D eigenvalue weighted by molar-refractivity contribution is 7.92. The lowest BCUT2D eigenvalue weighted by Gasteiger charge is -2.21. The minimum Gasteiger partial charge on any atom is -0.616 e. The molecule has 0 radical (unpaired) electrons. The highest BCUT2D eigenvalue weighted by atomic mass is 32.2. The second-order valence-electron chi connectivity index (χ2n) is 12.2. The van der Waals surface area contributed by atoms with Crippen LogP contribution in [-0.4, -0.2) is 121 Å². The van der Waals surface area contributed by atoms with Crippen molar-refractivity contribution in [3.8, 4) is 0 Å². The van der Waals surface area contributed by atoms with Gasteiger partial charge in [0.05, 0.1) is 18.9 Å². The third kappa shape index (κ3) is 14.3. The van der Waals surface area contributed by atoms with Crippen LogP contribution in [0.5, 0.6) is 0 Å². The minimum absolute atomic E-state index is 0.00104. The van der Waals surface area contributed by atoms with E-state index < -0.39 is 82.6 Å². The van der Waals surface area contributed by atoms with Crippen LogP contribution in [0.25, 0.3) is 0 Å². The van der Waals surface area contributed by atoms with Gasteiger partial charge in [0.25, 0.3) is 23.6 Å². The number of amides is 8. The maximum absolute atomic E-state index is 13.1. The van der Waals surface area contributed by atoms with Gasteiger partial charge < -0.3 is 40.0 Å². The fourth-order valence-corrected chi connectivity index (χ4v) is 7.94. The van der Waals surface area contributed by atoms with Crippen LogP contribution in [0.1, 0.15) is 77.6 Å². The predicted octanol–water partition coefficient (Wildman–Crippen LogP) is -1.65. The van der Waals surface area contributed by atoms with Crippen molar-refractivity contribution in [2.75, 3.05) is 36.1 Å². The molecular formula is C30H44N6O13S2. The first-order valence-corrected chi connectivity index (χ1v) is 19.7. The van der Waals surface area contributed by atoms with Crippen LogP contribution >= 0.6 is 0 Å². The first-order valence-electron chi connectivity index (χ1n) is 16.7. The quantitative estimate of drug-likeness (QED) is 0.0548. The number of imide groups is 2. The highest BCUT2D eigenvalue weighted by Crippen LogP contribution is 2.16. The summed E-state index contributed by atoms with van der Waals surface area (Å²) in [5.41, 5.74) is 0. The van der Waals surface area contributed by atoms with Gasteiger partial charge in [-0.1, -0.05) is 35.2 Å². The molecule has 21 heteroatoms. The molecule has 0 aromatic carbocycles. The van der Waals surface area contributed by atoms with Gasteiger partial charge in [-0.25, -0.2) is 14.4 Å². The molecule has 19 nitrogen and oxygen atoms in total. The molecule has 4 atom stereocenters. The number of carbonyl (C=O) groups is 9. The van der Waals surface area contributed by atoms with E-state index >= 15 is 0 Å².